The number of nitrogens with one attached hydrogen (secondary N) is 1. The Hall–Kier alpha value is -3.04. The Labute approximate surface area is 206 Å². The van der Waals surface area contributed by atoms with Gasteiger partial charge in [-0.2, -0.15) is 0 Å². The van der Waals surface area contributed by atoms with Gasteiger partial charge < -0.3 is 19.9 Å². The van der Waals surface area contributed by atoms with Crippen LogP contribution in [0.2, 0.25) is 0 Å². The summed E-state index contributed by atoms with van der Waals surface area (Å²) in [5.74, 6) is 0.915. The van der Waals surface area contributed by atoms with E-state index in [1.807, 2.05) is 48.5 Å². The zero-order chi connectivity index (χ0) is 23.8. The predicted molar refractivity (Wildman–Crippen MR) is 136 cm³/mol. The molecule has 9 nitrogen and oxygen atoms in total. The van der Waals surface area contributed by atoms with Crippen molar-refractivity contribution in [2.24, 2.45) is 5.92 Å². The van der Waals surface area contributed by atoms with Crippen LogP contribution in [0.5, 0.6) is 0 Å². The maximum absolute atomic E-state index is 5.66. The molecule has 5 heterocycles. The van der Waals surface area contributed by atoms with Gasteiger partial charge in [0.2, 0.25) is 0 Å². The van der Waals surface area contributed by atoms with Crippen molar-refractivity contribution in [2.75, 3.05) is 56.7 Å². The molecule has 9 heteroatoms. The van der Waals surface area contributed by atoms with E-state index in [-0.39, 0.29) is 0 Å². The fourth-order valence-electron chi connectivity index (χ4n) is 4.99. The van der Waals surface area contributed by atoms with Crippen molar-refractivity contribution in [1.29, 1.82) is 0 Å². The molecule has 1 atom stereocenters. The monoisotopic (exact) mass is 474 g/mol. The summed E-state index contributed by atoms with van der Waals surface area (Å²) in [6, 6.07) is 6.98. The van der Waals surface area contributed by atoms with Crippen molar-refractivity contribution in [2.45, 2.75) is 37.3 Å². The Morgan fingerprint density at radius 3 is 2.74 bits per heavy atom. The lowest BCUT2D eigenvalue weighted by atomic mass is 9.92. The Kier molecular flexibility index (Phi) is 5.89. The molecule has 1 N–H and O–H groups in total. The second kappa shape index (κ2) is 9.20. The normalized spacial score (nSPS) is 21.5. The van der Waals surface area contributed by atoms with E-state index in [4.69, 9.17) is 9.72 Å². The first kappa shape index (κ1) is 22.4. The molecule has 1 aliphatic carbocycles. The van der Waals surface area contributed by atoms with Gasteiger partial charge in [-0.25, -0.2) is 4.68 Å². The minimum atomic E-state index is -0.424. The predicted octanol–water partition coefficient (Wildman–Crippen LogP) is 2.54. The Bertz CT molecular complexity index is 1150. The van der Waals surface area contributed by atoms with E-state index in [1.54, 1.807) is 0 Å². The van der Waals surface area contributed by atoms with Gasteiger partial charge in [0.05, 0.1) is 48.9 Å². The number of aromatic nitrogens is 5. The highest BCUT2D eigenvalue weighted by Gasteiger charge is 2.45. The van der Waals surface area contributed by atoms with Crippen LogP contribution in [0.15, 0.2) is 43.0 Å². The molecule has 6 rings (SSSR count). The lowest BCUT2D eigenvalue weighted by Gasteiger charge is -2.40. The number of hydrogen-bond donors (Lipinski definition) is 1. The number of hydrogen-bond acceptors (Lipinski definition) is 8. The smallest absolute Gasteiger partial charge is 0.152 e. The van der Waals surface area contributed by atoms with Crippen LogP contribution in [0.4, 0.5) is 11.4 Å². The van der Waals surface area contributed by atoms with Crippen molar-refractivity contribution in [3.8, 4) is 11.3 Å². The first-order chi connectivity index (χ1) is 17.1. The number of pyridine rings is 2. The van der Waals surface area contributed by atoms with Crippen LogP contribution in [0.25, 0.3) is 11.3 Å². The van der Waals surface area contributed by atoms with E-state index in [2.05, 4.69) is 43.7 Å². The molecule has 3 aromatic rings. The van der Waals surface area contributed by atoms with E-state index in [9.17, 15) is 0 Å². The van der Waals surface area contributed by atoms with Crippen molar-refractivity contribution < 1.29 is 4.74 Å². The summed E-state index contributed by atoms with van der Waals surface area (Å²) >= 11 is 0. The quantitative estimate of drug-likeness (QED) is 0.533. The number of nitrogens with zero attached hydrogens (tertiary/aromatic N) is 7. The zero-order valence-electron chi connectivity index (χ0n) is 20.6. The van der Waals surface area contributed by atoms with E-state index in [1.165, 1.54) is 37.9 Å². The number of anilines is 2. The Morgan fingerprint density at radius 1 is 1.14 bits per heavy atom. The molecule has 3 aliphatic rings. The Morgan fingerprint density at radius 2 is 2.03 bits per heavy atom. The zero-order valence-corrected chi connectivity index (χ0v) is 20.6. The van der Waals surface area contributed by atoms with Crippen molar-refractivity contribution in [3.63, 3.8) is 0 Å². The second-order valence-corrected chi connectivity index (χ2v) is 10.4. The molecular weight excluding hydrogens is 440 g/mol. The van der Waals surface area contributed by atoms with E-state index < -0.39 is 5.54 Å². The van der Waals surface area contributed by atoms with Gasteiger partial charge in [-0.1, -0.05) is 5.21 Å². The van der Waals surface area contributed by atoms with Crippen LogP contribution >= 0.6 is 0 Å². The third-order valence-corrected chi connectivity index (χ3v) is 7.55. The van der Waals surface area contributed by atoms with Gasteiger partial charge in [0.1, 0.15) is 5.69 Å². The van der Waals surface area contributed by atoms with Crippen molar-refractivity contribution in [1.82, 2.24) is 30.3 Å². The van der Waals surface area contributed by atoms with Gasteiger partial charge in [0.15, 0.2) is 5.54 Å². The molecule has 2 aliphatic heterocycles. The summed E-state index contributed by atoms with van der Waals surface area (Å²) in [5.41, 5.74) is 4.49. The van der Waals surface area contributed by atoms with E-state index >= 15 is 0 Å². The van der Waals surface area contributed by atoms with E-state index in [0.29, 0.717) is 19.3 Å². The average molecular weight is 475 g/mol. The largest absolute Gasteiger partial charge is 0.376 e. The molecular formula is C26H34N8O. The molecule has 0 spiro atoms. The van der Waals surface area contributed by atoms with Crippen LogP contribution < -0.4 is 15.1 Å². The van der Waals surface area contributed by atoms with Gasteiger partial charge in [-0.15, -0.1) is 5.10 Å². The SMILES string of the molecule is CN(C)c1cncc(-c2cn(C3(c4ccc(N5CCC[C@@H](NCC6CC6)C5)cn4)COC3)nn2)c1. The maximum Gasteiger partial charge on any atom is 0.152 e. The molecule has 0 unspecified atom stereocenters. The van der Waals surface area contributed by atoms with Crippen LogP contribution in [0.1, 0.15) is 31.4 Å². The fraction of sp³-hybridized carbons (Fsp3) is 0.538. The minimum Gasteiger partial charge on any atom is -0.376 e. The molecule has 3 fully saturated rings. The average Bonchev–Trinajstić information content (AvgIpc) is 3.57. The summed E-state index contributed by atoms with van der Waals surface area (Å²) < 4.78 is 7.57. The minimum absolute atomic E-state index is 0.424. The van der Waals surface area contributed by atoms with Crippen molar-refractivity contribution in [3.05, 3.63) is 48.7 Å². The van der Waals surface area contributed by atoms with Gasteiger partial charge in [0.25, 0.3) is 0 Å². The fourth-order valence-corrected chi connectivity index (χ4v) is 4.99. The third kappa shape index (κ3) is 4.50. The summed E-state index contributed by atoms with van der Waals surface area (Å²) in [6.45, 7) is 4.38. The molecule has 1 saturated carbocycles. The summed E-state index contributed by atoms with van der Waals surface area (Å²) in [5, 5.41) is 12.7. The first-order valence-electron chi connectivity index (χ1n) is 12.7. The molecule has 0 radical (unpaired) electrons. The second-order valence-electron chi connectivity index (χ2n) is 10.4. The highest BCUT2D eigenvalue weighted by Crippen LogP contribution is 2.34. The highest BCUT2D eigenvalue weighted by molar-refractivity contribution is 5.62. The Balaban J connectivity index is 1.19. The molecule has 184 valence electrons. The molecule has 3 aromatic heterocycles. The van der Waals surface area contributed by atoms with Crippen molar-refractivity contribution >= 4 is 11.4 Å². The standard InChI is InChI=1S/C26H34N8O/c1-32(2)23-10-20(12-27-13-23)24-16-34(31-30-24)26(17-35-18-26)25-8-7-22(14-29-25)33-9-3-4-21(15-33)28-11-19-5-6-19/h7-8,10,12-14,16,19,21,28H,3-6,9,11,15,17-18H2,1-2H3/t21-/m1/s1. The number of piperidine rings is 1. The van der Waals surface area contributed by atoms with Crippen LogP contribution in [-0.4, -0.2) is 77.9 Å². The highest BCUT2D eigenvalue weighted by atomic mass is 16.5. The molecule has 0 bridgehead atoms. The lowest BCUT2D eigenvalue weighted by molar-refractivity contribution is -0.0851. The summed E-state index contributed by atoms with van der Waals surface area (Å²) in [6.07, 6.45) is 12.9. The van der Waals surface area contributed by atoms with Crippen LogP contribution in [-0.2, 0) is 10.3 Å². The molecule has 2 saturated heterocycles. The van der Waals surface area contributed by atoms with Gasteiger partial charge in [0, 0.05) is 45.0 Å². The van der Waals surface area contributed by atoms with Crippen LogP contribution in [0, 0.1) is 5.92 Å². The lowest BCUT2D eigenvalue weighted by Crippen LogP contribution is -2.53. The molecule has 35 heavy (non-hydrogen) atoms. The summed E-state index contributed by atoms with van der Waals surface area (Å²) in [7, 11) is 4.00. The number of rotatable bonds is 8. The maximum atomic E-state index is 5.66. The molecule has 0 amide bonds. The van der Waals surface area contributed by atoms with Crippen LogP contribution in [0.3, 0.4) is 0 Å². The van der Waals surface area contributed by atoms with E-state index in [0.717, 1.165) is 41.6 Å². The first-order valence-corrected chi connectivity index (χ1v) is 12.7. The topological polar surface area (TPSA) is 84.2 Å². The van der Waals surface area contributed by atoms with Gasteiger partial charge in [-0.05, 0) is 56.3 Å². The van der Waals surface area contributed by atoms with Gasteiger partial charge >= 0.3 is 0 Å². The molecule has 0 aromatic carbocycles. The number of ether oxygens (including phenoxy) is 1. The van der Waals surface area contributed by atoms with Gasteiger partial charge in [-0.3, -0.25) is 9.97 Å². The third-order valence-electron chi connectivity index (χ3n) is 7.55. The summed E-state index contributed by atoms with van der Waals surface area (Å²) in [4.78, 5) is 13.8.